The number of amides is 1. The van der Waals surface area contributed by atoms with Gasteiger partial charge in [-0.25, -0.2) is 0 Å². The van der Waals surface area contributed by atoms with E-state index < -0.39 is 0 Å². The van der Waals surface area contributed by atoms with Crippen LogP contribution >= 0.6 is 12.4 Å². The van der Waals surface area contributed by atoms with E-state index in [0.717, 1.165) is 24.2 Å². The first kappa shape index (κ1) is 19.3. The van der Waals surface area contributed by atoms with Crippen molar-refractivity contribution in [1.82, 2.24) is 10.2 Å². The predicted molar refractivity (Wildman–Crippen MR) is 108 cm³/mol. The molecule has 1 N–H and O–H groups in total. The minimum absolute atomic E-state index is 0. The van der Waals surface area contributed by atoms with Crippen molar-refractivity contribution in [2.45, 2.75) is 19.6 Å². The van der Waals surface area contributed by atoms with Crippen LogP contribution in [-0.2, 0) is 6.61 Å². The first-order chi connectivity index (χ1) is 12.7. The number of halogens is 1. The van der Waals surface area contributed by atoms with Crippen molar-refractivity contribution >= 4 is 29.1 Å². The molecule has 1 saturated heterocycles. The number of piperazine rings is 1. The van der Waals surface area contributed by atoms with Crippen LogP contribution in [0.1, 0.15) is 23.2 Å². The van der Waals surface area contributed by atoms with Crippen molar-refractivity contribution in [3.8, 4) is 5.75 Å². The fraction of sp³-hybridized carbons (Fsp3) is 0.286. The van der Waals surface area contributed by atoms with Crippen LogP contribution in [0.5, 0.6) is 5.75 Å². The minimum Gasteiger partial charge on any atom is -0.486 e. The average Bonchev–Trinajstić information content (AvgIpc) is 3.15. The van der Waals surface area contributed by atoms with Crippen LogP contribution in [0, 0.1) is 0 Å². The van der Waals surface area contributed by atoms with E-state index in [0.29, 0.717) is 24.7 Å². The fourth-order valence-electron chi connectivity index (χ4n) is 3.27. The maximum atomic E-state index is 12.6. The highest BCUT2D eigenvalue weighted by atomic mass is 35.5. The van der Waals surface area contributed by atoms with Crippen LogP contribution in [0.3, 0.4) is 0 Å². The summed E-state index contributed by atoms with van der Waals surface area (Å²) in [6.07, 6.45) is 0. The van der Waals surface area contributed by atoms with E-state index in [1.807, 2.05) is 42.2 Å². The lowest BCUT2D eigenvalue weighted by Gasteiger charge is -2.33. The highest BCUT2D eigenvalue weighted by molar-refractivity contribution is 5.91. The Labute approximate surface area is 164 Å². The van der Waals surface area contributed by atoms with Crippen molar-refractivity contribution in [1.29, 1.82) is 0 Å². The molecule has 1 fully saturated rings. The van der Waals surface area contributed by atoms with E-state index >= 15 is 0 Å². The molecule has 0 unspecified atom stereocenters. The molecular formula is C21H23ClN2O3. The van der Waals surface area contributed by atoms with Gasteiger partial charge >= 0.3 is 0 Å². The quantitative estimate of drug-likeness (QED) is 0.739. The smallest absolute Gasteiger partial charge is 0.289 e. The van der Waals surface area contributed by atoms with Crippen LogP contribution in [-0.4, -0.2) is 36.5 Å². The summed E-state index contributed by atoms with van der Waals surface area (Å²) < 4.78 is 11.6. The van der Waals surface area contributed by atoms with E-state index in [4.69, 9.17) is 9.15 Å². The molecule has 1 amide bonds. The van der Waals surface area contributed by atoms with Crippen molar-refractivity contribution in [3.63, 3.8) is 0 Å². The summed E-state index contributed by atoms with van der Waals surface area (Å²) in [5.41, 5.74) is 0. The Hall–Kier alpha value is -2.50. The molecule has 0 bridgehead atoms. The first-order valence-electron chi connectivity index (χ1n) is 8.93. The third-order valence-corrected chi connectivity index (χ3v) is 4.74. The summed E-state index contributed by atoms with van der Waals surface area (Å²) in [5, 5.41) is 5.59. The maximum absolute atomic E-state index is 12.6. The fourth-order valence-corrected chi connectivity index (χ4v) is 3.27. The van der Waals surface area contributed by atoms with Crippen molar-refractivity contribution < 1.29 is 13.9 Å². The second kappa shape index (κ2) is 8.46. The number of ether oxygens (including phenoxy) is 1. The molecule has 6 heteroatoms. The molecule has 2 heterocycles. The van der Waals surface area contributed by atoms with E-state index in [2.05, 4.69) is 17.4 Å². The van der Waals surface area contributed by atoms with Crippen LogP contribution in [0.4, 0.5) is 0 Å². The van der Waals surface area contributed by atoms with Gasteiger partial charge in [-0.05, 0) is 42.0 Å². The van der Waals surface area contributed by atoms with E-state index in [9.17, 15) is 4.79 Å². The van der Waals surface area contributed by atoms with Gasteiger partial charge in [-0.1, -0.05) is 30.3 Å². The molecule has 3 aromatic rings. The van der Waals surface area contributed by atoms with Gasteiger partial charge in [0.05, 0.1) is 0 Å². The zero-order chi connectivity index (χ0) is 17.9. The summed E-state index contributed by atoms with van der Waals surface area (Å²) >= 11 is 0. The maximum Gasteiger partial charge on any atom is 0.289 e. The molecule has 0 spiro atoms. The molecule has 4 rings (SSSR count). The minimum atomic E-state index is -0.0593. The number of rotatable bonds is 4. The summed E-state index contributed by atoms with van der Waals surface area (Å²) in [6.45, 7) is 4.65. The third-order valence-electron chi connectivity index (χ3n) is 4.74. The lowest BCUT2D eigenvalue weighted by Crippen LogP contribution is -2.52. The van der Waals surface area contributed by atoms with Crippen LogP contribution in [0.15, 0.2) is 59.0 Å². The van der Waals surface area contributed by atoms with Gasteiger partial charge in [-0.3, -0.25) is 4.79 Å². The molecule has 5 nitrogen and oxygen atoms in total. The third kappa shape index (κ3) is 4.26. The monoisotopic (exact) mass is 386 g/mol. The molecule has 142 valence electrons. The van der Waals surface area contributed by atoms with Crippen LogP contribution in [0.2, 0.25) is 0 Å². The lowest BCUT2D eigenvalue weighted by molar-refractivity contribution is 0.0619. The molecule has 1 aromatic heterocycles. The highest BCUT2D eigenvalue weighted by Gasteiger charge is 2.26. The Morgan fingerprint density at radius 2 is 2.00 bits per heavy atom. The summed E-state index contributed by atoms with van der Waals surface area (Å²) in [4.78, 5) is 14.5. The number of furan rings is 1. The molecule has 27 heavy (non-hydrogen) atoms. The molecule has 0 saturated carbocycles. The van der Waals surface area contributed by atoms with E-state index in [-0.39, 0.29) is 24.4 Å². The number of hydrogen-bond donors (Lipinski definition) is 1. The van der Waals surface area contributed by atoms with E-state index in [1.54, 1.807) is 12.1 Å². The molecule has 0 radical (unpaired) electrons. The Bertz CT molecular complexity index is 924. The van der Waals surface area contributed by atoms with Gasteiger partial charge in [0.15, 0.2) is 5.76 Å². The predicted octanol–water partition coefficient (Wildman–Crippen LogP) is 3.87. The molecule has 1 atom stereocenters. The van der Waals surface area contributed by atoms with Gasteiger partial charge < -0.3 is 19.4 Å². The average molecular weight is 387 g/mol. The number of carbonyl (C=O) groups excluding carboxylic acids is 1. The largest absolute Gasteiger partial charge is 0.486 e. The Kier molecular flexibility index (Phi) is 6.04. The number of carbonyl (C=O) groups is 1. The van der Waals surface area contributed by atoms with Gasteiger partial charge in [0.25, 0.3) is 5.91 Å². The molecule has 1 aliphatic heterocycles. The van der Waals surface area contributed by atoms with Gasteiger partial charge in [0.1, 0.15) is 18.1 Å². The summed E-state index contributed by atoms with van der Waals surface area (Å²) in [6, 6.07) is 17.8. The van der Waals surface area contributed by atoms with Crippen LogP contribution < -0.4 is 10.1 Å². The first-order valence-corrected chi connectivity index (χ1v) is 8.93. The van der Waals surface area contributed by atoms with E-state index in [1.165, 1.54) is 5.39 Å². The standard InChI is InChI=1S/C21H22N2O3.ClH/c1-15-13-22-10-11-23(15)21(24)20-9-8-19(26-20)14-25-18-7-6-16-4-2-3-5-17(16)12-18;/h2-9,12,15,22H,10-11,13-14H2,1H3;1H/t15-;/m0./s1. The second-order valence-electron chi connectivity index (χ2n) is 6.62. The number of nitrogens with zero attached hydrogens (tertiary/aromatic N) is 1. The second-order valence-corrected chi connectivity index (χ2v) is 6.62. The Morgan fingerprint density at radius 1 is 1.19 bits per heavy atom. The number of benzene rings is 2. The zero-order valence-electron chi connectivity index (χ0n) is 15.2. The summed E-state index contributed by atoms with van der Waals surface area (Å²) in [7, 11) is 0. The highest BCUT2D eigenvalue weighted by Crippen LogP contribution is 2.22. The SMILES string of the molecule is C[C@H]1CNCCN1C(=O)c1ccc(COc2ccc3ccccc3c2)o1.Cl. The topological polar surface area (TPSA) is 54.7 Å². The Balaban J connectivity index is 0.00000210. The molecule has 1 aliphatic rings. The normalized spacial score (nSPS) is 16.8. The molecule has 0 aliphatic carbocycles. The zero-order valence-corrected chi connectivity index (χ0v) is 16.0. The van der Waals surface area contributed by atoms with Crippen LogP contribution in [0.25, 0.3) is 10.8 Å². The van der Waals surface area contributed by atoms with Gasteiger partial charge in [-0.2, -0.15) is 0 Å². The summed E-state index contributed by atoms with van der Waals surface area (Å²) in [5.74, 6) is 1.74. The lowest BCUT2D eigenvalue weighted by atomic mass is 10.1. The molecule has 2 aromatic carbocycles. The number of nitrogens with one attached hydrogen (secondary N) is 1. The number of hydrogen-bond acceptors (Lipinski definition) is 4. The van der Waals surface area contributed by atoms with Crippen molar-refractivity contribution in [3.05, 3.63) is 66.1 Å². The Morgan fingerprint density at radius 3 is 2.81 bits per heavy atom. The molecular weight excluding hydrogens is 364 g/mol. The van der Waals surface area contributed by atoms with Gasteiger partial charge in [-0.15, -0.1) is 12.4 Å². The van der Waals surface area contributed by atoms with Gasteiger partial charge in [0, 0.05) is 25.7 Å². The number of fused-ring (bicyclic) bond motifs is 1. The van der Waals surface area contributed by atoms with Crippen molar-refractivity contribution in [2.75, 3.05) is 19.6 Å². The van der Waals surface area contributed by atoms with Gasteiger partial charge in [0.2, 0.25) is 0 Å². The van der Waals surface area contributed by atoms with Crippen molar-refractivity contribution in [2.24, 2.45) is 0 Å².